The van der Waals surface area contributed by atoms with Gasteiger partial charge in [-0.2, -0.15) is 0 Å². The van der Waals surface area contributed by atoms with Crippen LogP contribution in [0, 0.1) is 23.3 Å². The van der Waals surface area contributed by atoms with Gasteiger partial charge in [0.05, 0.1) is 11.3 Å². The predicted octanol–water partition coefficient (Wildman–Crippen LogP) is 4.31. The van der Waals surface area contributed by atoms with Gasteiger partial charge in [-0.1, -0.05) is 0 Å². The maximum Gasteiger partial charge on any atom is 0.348 e. The Morgan fingerprint density at radius 2 is 1.66 bits per heavy atom. The van der Waals surface area contributed by atoms with E-state index >= 15 is 0 Å². The summed E-state index contributed by atoms with van der Waals surface area (Å²) in [5.74, 6) is -6.80. The van der Waals surface area contributed by atoms with Crippen LogP contribution in [0.25, 0.3) is 10.1 Å². The van der Waals surface area contributed by atoms with Crippen molar-refractivity contribution >= 4 is 33.3 Å². The largest absolute Gasteiger partial charge is 0.483 e. The molecule has 5 nitrogen and oxygen atoms in total. The van der Waals surface area contributed by atoms with Crippen LogP contribution >= 0.6 is 11.3 Å². The van der Waals surface area contributed by atoms with Gasteiger partial charge in [0.15, 0.2) is 17.4 Å². The van der Waals surface area contributed by atoms with Gasteiger partial charge >= 0.3 is 5.97 Å². The summed E-state index contributed by atoms with van der Waals surface area (Å²) >= 11 is 0.644. The van der Waals surface area contributed by atoms with Crippen molar-refractivity contribution < 1.29 is 36.6 Å². The van der Waals surface area contributed by atoms with Crippen molar-refractivity contribution in [2.75, 3.05) is 6.61 Å². The molecule has 10 heteroatoms. The lowest BCUT2D eigenvalue weighted by atomic mass is 10.1. The minimum atomic E-state index is -1.22. The average Bonchev–Trinajstić information content (AvgIpc) is 3.05. The molecule has 0 bridgehead atoms. The summed E-state index contributed by atoms with van der Waals surface area (Å²) in [7, 11) is 0. The molecule has 1 heterocycles. The van der Waals surface area contributed by atoms with Gasteiger partial charge in [-0.15, -0.1) is 11.3 Å². The molecule has 1 amide bonds. The van der Waals surface area contributed by atoms with Gasteiger partial charge in [0.1, 0.15) is 23.1 Å². The van der Waals surface area contributed by atoms with Crippen molar-refractivity contribution in [2.45, 2.75) is 13.5 Å². The Kier molecular flexibility index (Phi) is 5.73. The lowest BCUT2D eigenvalue weighted by Gasteiger charge is -2.11. The monoisotopic (exact) mass is 427 g/mol. The zero-order valence-electron chi connectivity index (χ0n) is 14.9. The number of hydrogen-bond acceptors (Lipinski definition) is 5. The minimum absolute atomic E-state index is 0.0101. The molecule has 1 aromatic heterocycles. The van der Waals surface area contributed by atoms with Gasteiger partial charge in [-0.25, -0.2) is 22.4 Å². The molecule has 2 N–H and O–H groups in total. The third kappa shape index (κ3) is 3.88. The third-order valence-corrected chi connectivity index (χ3v) is 5.16. The van der Waals surface area contributed by atoms with Crippen molar-refractivity contribution in [1.82, 2.24) is 0 Å². The molecule has 0 fully saturated rings. The first-order valence-electron chi connectivity index (χ1n) is 8.22. The normalized spacial score (nSPS) is 10.9. The number of esters is 1. The molecule has 0 saturated heterocycles. The first-order chi connectivity index (χ1) is 13.7. The number of primary amides is 1. The number of ether oxygens (including phenoxy) is 2. The highest BCUT2D eigenvalue weighted by Crippen LogP contribution is 2.37. The minimum Gasteiger partial charge on any atom is -0.483 e. The second-order valence-electron chi connectivity index (χ2n) is 5.79. The first-order valence-corrected chi connectivity index (χ1v) is 9.04. The van der Waals surface area contributed by atoms with Crippen LogP contribution in [-0.4, -0.2) is 18.5 Å². The van der Waals surface area contributed by atoms with Crippen LogP contribution in [-0.2, 0) is 11.3 Å². The standard InChI is InChI=1S/C19H13F4NO4S/c1-2-27-19(26)16-9(14-10(20)3-4-11(21)17(14)29-16)7-28-15-12(22)5-8(18(24)25)6-13(15)23/h3-6H,2,7H2,1H3,(H2,24,25). The maximum atomic E-state index is 14.3. The molecular weight excluding hydrogens is 414 g/mol. The number of carbonyl (C=O) groups is 2. The van der Waals surface area contributed by atoms with Crippen molar-refractivity contribution in [3.63, 3.8) is 0 Å². The third-order valence-electron chi connectivity index (χ3n) is 3.94. The fraction of sp³-hybridized carbons (Fsp3) is 0.158. The van der Waals surface area contributed by atoms with E-state index in [4.69, 9.17) is 15.2 Å². The Balaban J connectivity index is 2.06. The van der Waals surface area contributed by atoms with Gasteiger partial charge < -0.3 is 15.2 Å². The Labute approximate surface area is 165 Å². The smallest absolute Gasteiger partial charge is 0.348 e. The Hall–Kier alpha value is -3.14. The molecule has 0 aliphatic carbocycles. The molecule has 3 rings (SSSR count). The molecule has 0 unspecified atom stereocenters. The van der Waals surface area contributed by atoms with Crippen LogP contribution in [0.5, 0.6) is 5.75 Å². The number of rotatable bonds is 6. The van der Waals surface area contributed by atoms with Crippen molar-refractivity contribution in [1.29, 1.82) is 0 Å². The van der Waals surface area contributed by atoms with E-state index in [-0.39, 0.29) is 27.1 Å². The highest BCUT2D eigenvalue weighted by Gasteiger charge is 2.25. The zero-order chi connectivity index (χ0) is 21.3. The second-order valence-corrected chi connectivity index (χ2v) is 6.81. The number of hydrogen-bond donors (Lipinski definition) is 1. The average molecular weight is 427 g/mol. The van der Waals surface area contributed by atoms with Gasteiger partial charge in [0.25, 0.3) is 0 Å². The number of thiophene rings is 1. The molecule has 0 aliphatic heterocycles. The van der Waals surface area contributed by atoms with E-state index in [9.17, 15) is 27.2 Å². The summed E-state index contributed by atoms with van der Waals surface area (Å²) in [4.78, 5) is 23.1. The van der Waals surface area contributed by atoms with Crippen molar-refractivity contribution in [2.24, 2.45) is 5.73 Å². The fourth-order valence-corrected chi connectivity index (χ4v) is 3.79. The van der Waals surface area contributed by atoms with E-state index in [1.807, 2.05) is 0 Å². The number of halogens is 4. The van der Waals surface area contributed by atoms with Gasteiger partial charge in [-0.05, 0) is 31.2 Å². The topological polar surface area (TPSA) is 78.6 Å². The SMILES string of the molecule is CCOC(=O)c1sc2c(F)ccc(F)c2c1COc1c(F)cc(C(N)=O)cc1F. The molecule has 0 saturated carbocycles. The van der Waals surface area contributed by atoms with Crippen molar-refractivity contribution in [3.05, 3.63) is 63.5 Å². The van der Waals surface area contributed by atoms with Crippen LogP contribution in [0.1, 0.15) is 32.5 Å². The summed E-state index contributed by atoms with van der Waals surface area (Å²) in [6.07, 6.45) is 0. The van der Waals surface area contributed by atoms with E-state index < -0.39 is 53.1 Å². The van der Waals surface area contributed by atoms with E-state index in [2.05, 4.69) is 0 Å². The number of nitrogens with two attached hydrogens (primary N) is 1. The van der Waals surface area contributed by atoms with Crippen LogP contribution in [0.2, 0.25) is 0 Å². The van der Waals surface area contributed by atoms with Gasteiger partial charge in [0, 0.05) is 16.5 Å². The Morgan fingerprint density at radius 1 is 1.03 bits per heavy atom. The number of fused-ring (bicyclic) bond motifs is 1. The molecule has 0 spiro atoms. The van der Waals surface area contributed by atoms with Crippen LogP contribution in [0.15, 0.2) is 24.3 Å². The van der Waals surface area contributed by atoms with E-state index in [0.29, 0.717) is 23.5 Å². The van der Waals surface area contributed by atoms with Crippen LogP contribution in [0.3, 0.4) is 0 Å². The molecule has 0 atom stereocenters. The molecule has 3 aromatic rings. The molecule has 0 aliphatic rings. The second kappa shape index (κ2) is 8.08. The summed E-state index contributed by atoms with van der Waals surface area (Å²) in [6, 6.07) is 3.12. The Morgan fingerprint density at radius 3 is 2.24 bits per heavy atom. The molecule has 29 heavy (non-hydrogen) atoms. The molecule has 0 radical (unpaired) electrons. The number of benzene rings is 2. The lowest BCUT2D eigenvalue weighted by molar-refractivity contribution is 0.0529. The van der Waals surface area contributed by atoms with Crippen molar-refractivity contribution in [3.8, 4) is 5.75 Å². The fourth-order valence-electron chi connectivity index (χ4n) is 2.67. The molecular formula is C19H13F4NO4S. The van der Waals surface area contributed by atoms with E-state index in [1.165, 1.54) is 0 Å². The van der Waals surface area contributed by atoms with E-state index in [1.54, 1.807) is 6.92 Å². The number of amides is 1. The summed E-state index contributed by atoms with van der Waals surface area (Å²) < 4.78 is 66.6. The van der Waals surface area contributed by atoms with Crippen LogP contribution in [0.4, 0.5) is 17.6 Å². The van der Waals surface area contributed by atoms with Crippen LogP contribution < -0.4 is 10.5 Å². The molecule has 2 aromatic carbocycles. The van der Waals surface area contributed by atoms with E-state index in [0.717, 1.165) is 12.1 Å². The summed E-state index contributed by atoms with van der Waals surface area (Å²) in [5.41, 5.74) is 4.47. The highest BCUT2D eigenvalue weighted by molar-refractivity contribution is 7.21. The van der Waals surface area contributed by atoms with Gasteiger partial charge in [0.2, 0.25) is 5.91 Å². The predicted molar refractivity (Wildman–Crippen MR) is 96.9 cm³/mol. The lowest BCUT2D eigenvalue weighted by Crippen LogP contribution is -2.13. The summed E-state index contributed by atoms with van der Waals surface area (Å²) in [5, 5.41) is -0.243. The highest BCUT2D eigenvalue weighted by atomic mass is 32.1. The molecule has 152 valence electrons. The first kappa shape index (κ1) is 20.6. The summed E-state index contributed by atoms with van der Waals surface area (Å²) in [6.45, 7) is 0.905. The maximum absolute atomic E-state index is 14.3. The Bertz CT molecular complexity index is 1110. The van der Waals surface area contributed by atoms with Gasteiger partial charge in [-0.3, -0.25) is 4.79 Å². The quantitative estimate of drug-likeness (QED) is 0.470. The zero-order valence-corrected chi connectivity index (χ0v) is 15.7. The number of carbonyl (C=O) groups excluding carboxylic acids is 2.